The molecule has 0 spiro atoms. The zero-order valence-corrected chi connectivity index (χ0v) is 11.1. The quantitative estimate of drug-likeness (QED) is 0.881. The SMILES string of the molecule is COc1cc(C)c(Cl)cc1C(N)C1(C(=O)O)CC1. The molecule has 1 aliphatic carbocycles. The van der Waals surface area contributed by atoms with Gasteiger partial charge in [0.15, 0.2) is 0 Å². The van der Waals surface area contributed by atoms with E-state index in [0.717, 1.165) is 5.56 Å². The Balaban J connectivity index is 2.45. The fraction of sp³-hybridized carbons (Fsp3) is 0.462. The first-order chi connectivity index (χ1) is 8.42. The molecule has 0 saturated heterocycles. The predicted octanol–water partition coefficient (Wildman–Crippen LogP) is 2.52. The van der Waals surface area contributed by atoms with Gasteiger partial charge in [0.2, 0.25) is 0 Å². The van der Waals surface area contributed by atoms with Crippen LogP contribution in [-0.2, 0) is 4.79 Å². The molecule has 0 bridgehead atoms. The van der Waals surface area contributed by atoms with Gasteiger partial charge in [0.1, 0.15) is 5.75 Å². The van der Waals surface area contributed by atoms with Crippen LogP contribution >= 0.6 is 11.6 Å². The first kappa shape index (κ1) is 13.2. The van der Waals surface area contributed by atoms with E-state index < -0.39 is 17.4 Å². The van der Waals surface area contributed by atoms with Gasteiger partial charge in [-0.05, 0) is 37.5 Å². The number of hydrogen-bond donors (Lipinski definition) is 2. The standard InChI is InChI=1S/C13H16ClNO3/c1-7-5-10(18-2)8(6-9(7)14)11(15)13(3-4-13)12(16)17/h5-6,11H,3-4,15H2,1-2H3,(H,16,17). The minimum Gasteiger partial charge on any atom is -0.496 e. The second-order valence-electron chi connectivity index (χ2n) is 4.78. The van der Waals surface area contributed by atoms with Crippen molar-refractivity contribution in [1.29, 1.82) is 0 Å². The number of ether oxygens (including phenoxy) is 1. The Hall–Kier alpha value is -1.26. The number of rotatable bonds is 4. The second-order valence-corrected chi connectivity index (χ2v) is 5.19. The summed E-state index contributed by atoms with van der Waals surface area (Å²) in [6.07, 6.45) is 1.19. The average Bonchev–Trinajstić information content (AvgIpc) is 3.12. The van der Waals surface area contributed by atoms with Crippen LogP contribution in [0.1, 0.15) is 30.0 Å². The van der Waals surface area contributed by atoms with Crippen molar-refractivity contribution >= 4 is 17.6 Å². The van der Waals surface area contributed by atoms with Gasteiger partial charge >= 0.3 is 5.97 Å². The van der Waals surface area contributed by atoms with Crippen LogP contribution in [0.3, 0.4) is 0 Å². The number of carboxylic acids is 1. The first-order valence-electron chi connectivity index (χ1n) is 5.75. The Bertz CT molecular complexity index is 497. The molecule has 4 nitrogen and oxygen atoms in total. The lowest BCUT2D eigenvalue weighted by atomic mass is 9.90. The molecule has 1 aromatic rings. The molecule has 0 amide bonds. The molecule has 0 heterocycles. The molecule has 0 radical (unpaired) electrons. The lowest BCUT2D eigenvalue weighted by Gasteiger charge is -2.22. The smallest absolute Gasteiger partial charge is 0.311 e. The highest BCUT2D eigenvalue weighted by molar-refractivity contribution is 6.31. The molecule has 0 aliphatic heterocycles. The van der Waals surface area contributed by atoms with Crippen LogP contribution in [0.4, 0.5) is 0 Å². The average molecular weight is 270 g/mol. The second kappa shape index (κ2) is 4.44. The van der Waals surface area contributed by atoms with Crippen molar-refractivity contribution in [2.75, 3.05) is 7.11 Å². The molecule has 2 rings (SSSR count). The summed E-state index contributed by atoms with van der Waals surface area (Å²) in [7, 11) is 1.54. The van der Waals surface area contributed by atoms with E-state index in [9.17, 15) is 9.90 Å². The van der Waals surface area contributed by atoms with Crippen molar-refractivity contribution in [3.63, 3.8) is 0 Å². The maximum absolute atomic E-state index is 11.3. The fourth-order valence-corrected chi connectivity index (χ4v) is 2.35. The molecule has 3 N–H and O–H groups in total. The van der Waals surface area contributed by atoms with Crippen molar-refractivity contribution in [3.8, 4) is 5.75 Å². The van der Waals surface area contributed by atoms with Crippen LogP contribution in [0.25, 0.3) is 0 Å². The molecule has 1 fully saturated rings. The highest BCUT2D eigenvalue weighted by Crippen LogP contribution is 2.55. The number of nitrogens with two attached hydrogens (primary N) is 1. The van der Waals surface area contributed by atoms with E-state index in [2.05, 4.69) is 0 Å². The van der Waals surface area contributed by atoms with Gasteiger partial charge in [-0.2, -0.15) is 0 Å². The van der Waals surface area contributed by atoms with Crippen LogP contribution in [0, 0.1) is 12.3 Å². The summed E-state index contributed by atoms with van der Waals surface area (Å²) in [5.41, 5.74) is 6.80. The Labute approximate surface area is 111 Å². The molecule has 18 heavy (non-hydrogen) atoms. The van der Waals surface area contributed by atoms with Crippen molar-refractivity contribution < 1.29 is 14.6 Å². The fourth-order valence-electron chi connectivity index (χ4n) is 2.18. The first-order valence-corrected chi connectivity index (χ1v) is 6.13. The van der Waals surface area contributed by atoms with Gasteiger partial charge in [-0.3, -0.25) is 4.79 Å². The molecule has 0 aromatic heterocycles. The van der Waals surface area contributed by atoms with E-state index in [1.807, 2.05) is 6.92 Å². The van der Waals surface area contributed by atoms with E-state index >= 15 is 0 Å². The van der Waals surface area contributed by atoms with E-state index in [-0.39, 0.29) is 0 Å². The van der Waals surface area contributed by atoms with Gasteiger partial charge in [0.05, 0.1) is 12.5 Å². The van der Waals surface area contributed by atoms with Crippen molar-refractivity contribution in [1.82, 2.24) is 0 Å². The summed E-state index contributed by atoms with van der Waals surface area (Å²) >= 11 is 6.08. The normalized spacial score (nSPS) is 18.2. The highest BCUT2D eigenvalue weighted by Gasteiger charge is 2.56. The molecule has 5 heteroatoms. The highest BCUT2D eigenvalue weighted by atomic mass is 35.5. The van der Waals surface area contributed by atoms with Crippen molar-refractivity contribution in [2.24, 2.45) is 11.1 Å². The molecule has 1 aromatic carbocycles. The number of carbonyl (C=O) groups is 1. The summed E-state index contributed by atoms with van der Waals surface area (Å²) < 4.78 is 5.27. The van der Waals surface area contributed by atoms with E-state index in [1.54, 1.807) is 19.2 Å². The topological polar surface area (TPSA) is 72.5 Å². The van der Waals surface area contributed by atoms with Crippen LogP contribution in [0.5, 0.6) is 5.75 Å². The zero-order valence-electron chi connectivity index (χ0n) is 10.4. The van der Waals surface area contributed by atoms with E-state index in [0.29, 0.717) is 29.2 Å². The minimum absolute atomic E-state index is 0.572. The Kier molecular flexibility index (Phi) is 3.25. The van der Waals surface area contributed by atoms with Gasteiger partial charge in [-0.15, -0.1) is 0 Å². The summed E-state index contributed by atoms with van der Waals surface area (Å²) in [5, 5.41) is 9.84. The third-order valence-corrected chi connectivity index (χ3v) is 4.06. The molecule has 1 saturated carbocycles. The molecule has 1 aliphatic rings. The molecular formula is C13H16ClNO3. The van der Waals surface area contributed by atoms with E-state index in [4.69, 9.17) is 22.1 Å². The summed E-state index contributed by atoms with van der Waals surface area (Å²) in [6.45, 7) is 1.87. The van der Waals surface area contributed by atoms with Gasteiger partial charge in [0, 0.05) is 16.6 Å². The Morgan fingerprint density at radius 3 is 2.61 bits per heavy atom. The Morgan fingerprint density at radius 2 is 2.17 bits per heavy atom. The number of aryl methyl sites for hydroxylation is 1. The number of benzene rings is 1. The van der Waals surface area contributed by atoms with Crippen molar-refractivity contribution in [3.05, 3.63) is 28.3 Å². The Morgan fingerprint density at radius 1 is 1.56 bits per heavy atom. The van der Waals surface area contributed by atoms with Crippen molar-refractivity contribution in [2.45, 2.75) is 25.8 Å². The maximum Gasteiger partial charge on any atom is 0.311 e. The van der Waals surface area contributed by atoms with Crippen LogP contribution < -0.4 is 10.5 Å². The predicted molar refractivity (Wildman–Crippen MR) is 69.0 cm³/mol. The number of aliphatic carboxylic acids is 1. The zero-order chi connectivity index (χ0) is 13.5. The lowest BCUT2D eigenvalue weighted by Crippen LogP contribution is -2.30. The third-order valence-electron chi connectivity index (χ3n) is 3.66. The van der Waals surface area contributed by atoms with Crippen LogP contribution in [0.2, 0.25) is 5.02 Å². The lowest BCUT2D eigenvalue weighted by molar-refractivity contribution is -0.144. The summed E-state index contributed by atoms with van der Waals surface area (Å²) in [5.74, 6) is -0.259. The minimum atomic E-state index is -0.855. The van der Waals surface area contributed by atoms with Gasteiger partial charge in [-0.1, -0.05) is 11.6 Å². The molecule has 98 valence electrons. The summed E-state index contributed by atoms with van der Waals surface area (Å²) in [4.78, 5) is 11.3. The molecular weight excluding hydrogens is 254 g/mol. The van der Waals surface area contributed by atoms with Crippen LogP contribution in [-0.4, -0.2) is 18.2 Å². The monoisotopic (exact) mass is 269 g/mol. The van der Waals surface area contributed by atoms with Gasteiger partial charge < -0.3 is 15.6 Å². The van der Waals surface area contributed by atoms with Gasteiger partial charge in [0.25, 0.3) is 0 Å². The van der Waals surface area contributed by atoms with E-state index in [1.165, 1.54) is 0 Å². The third kappa shape index (κ3) is 1.95. The largest absolute Gasteiger partial charge is 0.496 e. The summed E-state index contributed by atoms with van der Waals surface area (Å²) in [6, 6.07) is 2.90. The molecule has 1 atom stereocenters. The van der Waals surface area contributed by atoms with Gasteiger partial charge in [-0.25, -0.2) is 0 Å². The number of carboxylic acid groups (broad SMARTS) is 1. The van der Waals surface area contributed by atoms with Crippen LogP contribution in [0.15, 0.2) is 12.1 Å². The molecule has 1 unspecified atom stereocenters. The number of halogens is 1. The number of methoxy groups -OCH3 is 1. The maximum atomic E-state index is 11.3. The number of hydrogen-bond acceptors (Lipinski definition) is 3.